The third-order valence-corrected chi connectivity index (χ3v) is 5.56. The molecule has 0 aliphatic carbocycles. The molecule has 30 heavy (non-hydrogen) atoms. The first kappa shape index (κ1) is 18.3. The minimum Gasteiger partial charge on any atom is -0.319 e. The fourth-order valence-electron chi connectivity index (χ4n) is 3.22. The van der Waals surface area contributed by atoms with Gasteiger partial charge in [-0.15, -0.1) is 11.3 Å². The van der Waals surface area contributed by atoms with E-state index in [1.165, 1.54) is 0 Å². The second kappa shape index (κ2) is 7.56. The van der Waals surface area contributed by atoms with Crippen LogP contribution in [0.5, 0.6) is 0 Å². The summed E-state index contributed by atoms with van der Waals surface area (Å²) in [4.78, 5) is 18.3. The van der Waals surface area contributed by atoms with E-state index in [4.69, 9.17) is 0 Å². The molecule has 1 amide bonds. The Hall–Kier alpha value is -3.79. The monoisotopic (exact) mass is 418 g/mol. The zero-order chi connectivity index (χ0) is 20.5. The summed E-state index contributed by atoms with van der Waals surface area (Å²) in [5.41, 5.74) is 3.47. The Balaban J connectivity index is 1.35. The third-order valence-electron chi connectivity index (χ3n) is 4.67. The van der Waals surface area contributed by atoms with Crippen LogP contribution in [-0.2, 0) is 13.1 Å². The zero-order valence-corrected chi connectivity index (χ0v) is 17.0. The van der Waals surface area contributed by atoms with Crippen LogP contribution < -0.4 is 5.32 Å². The molecule has 9 nitrogen and oxygen atoms in total. The van der Waals surface area contributed by atoms with Crippen molar-refractivity contribution in [2.75, 3.05) is 5.32 Å². The normalized spacial score (nSPS) is 11.2. The van der Waals surface area contributed by atoms with Gasteiger partial charge in [-0.25, -0.2) is 9.50 Å². The van der Waals surface area contributed by atoms with Gasteiger partial charge in [0.05, 0.1) is 41.4 Å². The molecule has 0 saturated heterocycles. The summed E-state index contributed by atoms with van der Waals surface area (Å²) >= 11 is 1.61. The van der Waals surface area contributed by atoms with Crippen LogP contribution in [0.2, 0.25) is 0 Å². The molecule has 5 heterocycles. The predicted octanol–water partition coefficient (Wildman–Crippen LogP) is 3.17. The average Bonchev–Trinajstić information content (AvgIpc) is 3.54. The summed E-state index contributed by atoms with van der Waals surface area (Å²) < 4.78 is 5.32. The summed E-state index contributed by atoms with van der Waals surface area (Å²) in [6.07, 6.45) is 10.4. The molecule has 5 aromatic rings. The number of carbonyl (C=O) groups is 1. The second-order valence-electron chi connectivity index (χ2n) is 6.69. The van der Waals surface area contributed by atoms with Crippen molar-refractivity contribution in [2.24, 2.45) is 0 Å². The standard InChI is InChI=1S/C20H18N8OS/c1-2-26-11-14(8-22-26)12-27-13-15(9-23-27)25-20(29)16-10-24-28-17(5-6-21-19(16)28)18-4-3-7-30-18/h3-11,13H,2,12H2,1H3,(H,25,29). The molecule has 150 valence electrons. The fraction of sp³-hybridized carbons (Fsp3) is 0.150. The van der Waals surface area contributed by atoms with Crippen molar-refractivity contribution in [3.8, 4) is 10.6 Å². The highest BCUT2D eigenvalue weighted by Crippen LogP contribution is 2.25. The average molecular weight is 418 g/mol. The van der Waals surface area contributed by atoms with Gasteiger partial charge in [0.1, 0.15) is 5.56 Å². The highest BCUT2D eigenvalue weighted by molar-refractivity contribution is 7.13. The maximum atomic E-state index is 12.8. The number of hydrogen-bond donors (Lipinski definition) is 1. The molecule has 5 aromatic heterocycles. The van der Waals surface area contributed by atoms with E-state index < -0.39 is 0 Å². The molecule has 0 aliphatic rings. The second-order valence-corrected chi connectivity index (χ2v) is 7.63. The molecule has 0 fully saturated rings. The van der Waals surface area contributed by atoms with Gasteiger partial charge in [0.25, 0.3) is 5.91 Å². The van der Waals surface area contributed by atoms with Crippen molar-refractivity contribution in [1.29, 1.82) is 0 Å². The molecule has 0 unspecified atom stereocenters. The van der Waals surface area contributed by atoms with Crippen molar-refractivity contribution < 1.29 is 4.79 Å². The number of hydrogen-bond acceptors (Lipinski definition) is 6. The largest absolute Gasteiger partial charge is 0.319 e. The fourth-order valence-corrected chi connectivity index (χ4v) is 3.96. The van der Waals surface area contributed by atoms with Crippen LogP contribution in [0.1, 0.15) is 22.8 Å². The lowest BCUT2D eigenvalue weighted by Crippen LogP contribution is -2.11. The maximum absolute atomic E-state index is 12.8. The van der Waals surface area contributed by atoms with Crippen LogP contribution in [0, 0.1) is 0 Å². The van der Waals surface area contributed by atoms with E-state index >= 15 is 0 Å². The molecule has 0 saturated carbocycles. The molecule has 0 bridgehead atoms. The van der Waals surface area contributed by atoms with Crippen molar-refractivity contribution in [3.05, 3.63) is 71.9 Å². The minimum absolute atomic E-state index is 0.279. The number of fused-ring (bicyclic) bond motifs is 1. The van der Waals surface area contributed by atoms with Gasteiger partial charge in [-0.2, -0.15) is 15.3 Å². The number of aromatic nitrogens is 7. The SMILES string of the molecule is CCn1cc(Cn2cc(NC(=O)c3cnn4c(-c5cccs5)ccnc34)cn2)cn1. The number of aryl methyl sites for hydroxylation is 1. The summed E-state index contributed by atoms with van der Waals surface area (Å²) in [6.45, 7) is 3.44. The quantitative estimate of drug-likeness (QED) is 0.457. The van der Waals surface area contributed by atoms with Gasteiger partial charge in [-0.1, -0.05) is 6.07 Å². The molecule has 1 N–H and O–H groups in total. The van der Waals surface area contributed by atoms with E-state index in [9.17, 15) is 4.79 Å². The van der Waals surface area contributed by atoms with Crippen LogP contribution in [0.25, 0.3) is 16.2 Å². The van der Waals surface area contributed by atoms with E-state index in [0.29, 0.717) is 23.4 Å². The minimum atomic E-state index is -0.279. The Kier molecular flexibility index (Phi) is 4.60. The van der Waals surface area contributed by atoms with E-state index in [2.05, 4.69) is 25.6 Å². The highest BCUT2D eigenvalue weighted by Gasteiger charge is 2.17. The molecule has 0 aromatic carbocycles. The maximum Gasteiger partial charge on any atom is 0.261 e. The van der Waals surface area contributed by atoms with Gasteiger partial charge < -0.3 is 5.32 Å². The van der Waals surface area contributed by atoms with Gasteiger partial charge in [0, 0.05) is 30.7 Å². The number of nitrogens with one attached hydrogen (secondary N) is 1. The summed E-state index contributed by atoms with van der Waals surface area (Å²) in [5.74, 6) is -0.279. The number of rotatable bonds is 6. The Bertz CT molecular complexity index is 1310. The number of amides is 1. The highest BCUT2D eigenvalue weighted by atomic mass is 32.1. The lowest BCUT2D eigenvalue weighted by Gasteiger charge is -2.03. The van der Waals surface area contributed by atoms with Gasteiger partial charge in [0.2, 0.25) is 0 Å². The van der Waals surface area contributed by atoms with E-state index in [-0.39, 0.29) is 5.91 Å². The van der Waals surface area contributed by atoms with Crippen molar-refractivity contribution >= 4 is 28.6 Å². The number of nitrogens with zero attached hydrogens (tertiary/aromatic N) is 7. The van der Waals surface area contributed by atoms with Gasteiger partial charge in [0.15, 0.2) is 5.65 Å². The number of anilines is 1. The van der Waals surface area contributed by atoms with Crippen molar-refractivity contribution in [1.82, 2.24) is 34.2 Å². The van der Waals surface area contributed by atoms with Gasteiger partial charge in [-0.3, -0.25) is 14.2 Å². The summed E-state index contributed by atoms with van der Waals surface area (Å²) in [6, 6.07) is 5.88. The first-order valence-electron chi connectivity index (χ1n) is 9.43. The van der Waals surface area contributed by atoms with Gasteiger partial charge in [-0.05, 0) is 24.4 Å². The van der Waals surface area contributed by atoms with Crippen LogP contribution in [0.3, 0.4) is 0 Å². The molecule has 0 atom stereocenters. The third kappa shape index (κ3) is 3.37. The molecular formula is C20H18N8OS. The van der Waals surface area contributed by atoms with Crippen LogP contribution in [-0.4, -0.2) is 40.1 Å². The Morgan fingerprint density at radius 3 is 2.80 bits per heavy atom. The Morgan fingerprint density at radius 1 is 1.10 bits per heavy atom. The molecular weight excluding hydrogens is 400 g/mol. The molecule has 10 heteroatoms. The van der Waals surface area contributed by atoms with Crippen LogP contribution in [0.15, 0.2) is 60.8 Å². The predicted molar refractivity (Wildman–Crippen MR) is 113 cm³/mol. The first-order valence-corrected chi connectivity index (χ1v) is 10.3. The first-order chi connectivity index (χ1) is 14.7. The van der Waals surface area contributed by atoms with Crippen LogP contribution >= 0.6 is 11.3 Å². The number of thiophene rings is 1. The summed E-state index contributed by atoms with van der Waals surface area (Å²) in [5, 5.41) is 17.8. The Morgan fingerprint density at radius 2 is 2.00 bits per heavy atom. The molecule has 5 rings (SSSR count). The molecule has 0 spiro atoms. The van der Waals surface area contributed by atoms with Gasteiger partial charge >= 0.3 is 0 Å². The topological polar surface area (TPSA) is 94.9 Å². The van der Waals surface area contributed by atoms with E-state index in [0.717, 1.165) is 22.7 Å². The molecule has 0 aliphatic heterocycles. The summed E-state index contributed by atoms with van der Waals surface area (Å²) in [7, 11) is 0. The smallest absolute Gasteiger partial charge is 0.261 e. The van der Waals surface area contributed by atoms with E-state index in [1.54, 1.807) is 45.3 Å². The Labute approximate surface area is 175 Å². The van der Waals surface area contributed by atoms with E-state index in [1.807, 2.05) is 47.6 Å². The zero-order valence-electron chi connectivity index (χ0n) is 16.1. The van der Waals surface area contributed by atoms with Crippen molar-refractivity contribution in [3.63, 3.8) is 0 Å². The lowest BCUT2D eigenvalue weighted by molar-refractivity contribution is 0.102. The number of carbonyl (C=O) groups excluding carboxylic acids is 1. The molecule has 0 radical (unpaired) electrons. The van der Waals surface area contributed by atoms with Crippen LogP contribution in [0.4, 0.5) is 5.69 Å². The lowest BCUT2D eigenvalue weighted by atomic mass is 10.3. The van der Waals surface area contributed by atoms with Crippen molar-refractivity contribution in [2.45, 2.75) is 20.0 Å².